The average molecular weight is 1580 g/mol. The summed E-state index contributed by atoms with van der Waals surface area (Å²) in [6.45, 7) is -9.43. The fraction of sp³-hybridized carbons (Fsp3) is 1.00. The van der Waals surface area contributed by atoms with Gasteiger partial charge in [-0.1, -0.05) is 0 Å². The summed E-state index contributed by atoms with van der Waals surface area (Å²) in [6.07, 6.45) is 0. The number of rotatable bonds is 26. The minimum atomic E-state index is -4.62. The van der Waals surface area contributed by atoms with E-state index >= 15 is 0 Å². The van der Waals surface area contributed by atoms with Gasteiger partial charge >= 0.3 is 71.6 Å². The van der Waals surface area contributed by atoms with Crippen LogP contribution in [-0.2, 0) is 49.4 Å². The van der Waals surface area contributed by atoms with E-state index in [1.165, 1.54) is 0 Å². The molecular weight excluding hydrogens is 1520 g/mol. The van der Waals surface area contributed by atoms with Crippen molar-refractivity contribution in [3.05, 3.63) is 0 Å². The summed E-state index contributed by atoms with van der Waals surface area (Å²) in [7, 11) is -32.7. The molecule has 0 aliphatic carbocycles. The first kappa shape index (κ1) is 69.3. The van der Waals surface area contributed by atoms with Gasteiger partial charge in [-0.3, -0.25) is 0 Å². The maximum Gasteiger partial charge on any atom is 0.478 e. The zero-order valence-electron chi connectivity index (χ0n) is 38.8. The first-order valence-electron chi connectivity index (χ1n) is 21.6. The summed E-state index contributed by atoms with van der Waals surface area (Å²) >= 11 is 111. The van der Waals surface area contributed by atoms with Gasteiger partial charge in [-0.15, -0.1) is 177 Å². The zero-order chi connectivity index (χ0) is 52.7. The molecule has 4 saturated heterocycles. The highest BCUT2D eigenvalue weighted by molar-refractivity contribution is 7.48. The van der Waals surface area contributed by atoms with E-state index in [2.05, 4.69) is 0 Å². The first-order chi connectivity index (χ1) is 30.7. The smallest absolute Gasteiger partial charge is 0.416 e. The monoisotopic (exact) mass is 1570 g/mol. The van der Waals surface area contributed by atoms with Crippen molar-refractivity contribution >= 4 is 312 Å². The van der Waals surface area contributed by atoms with Gasteiger partial charge in [0, 0.05) is 42.3 Å². The van der Waals surface area contributed by atoms with Gasteiger partial charge in [0.15, 0.2) is 0 Å². The largest absolute Gasteiger partial charge is 0.478 e. The van der Waals surface area contributed by atoms with E-state index < -0.39 is 125 Å². The van der Waals surface area contributed by atoms with Crippen LogP contribution >= 0.6 is 177 Å². The minimum Gasteiger partial charge on any atom is -0.416 e. The van der Waals surface area contributed by atoms with E-state index in [0.29, 0.717) is 12.1 Å². The van der Waals surface area contributed by atoms with Crippen LogP contribution < -0.4 is 0 Å². The summed E-state index contributed by atoms with van der Waals surface area (Å²) in [5.41, 5.74) is 0. The van der Waals surface area contributed by atoms with Crippen LogP contribution in [0.4, 0.5) is 0 Å². The molecule has 4 fully saturated rings. The molecule has 45 heteroatoms. The quantitative estimate of drug-likeness (QED) is 0.0467. The summed E-state index contributed by atoms with van der Waals surface area (Å²) in [4.78, 5) is 0. The highest BCUT2D eigenvalue weighted by Gasteiger charge is 2.79. The van der Waals surface area contributed by atoms with Gasteiger partial charge in [-0.2, -0.15) is 0 Å². The van der Waals surface area contributed by atoms with Crippen LogP contribution in [0.15, 0.2) is 0 Å². The van der Waals surface area contributed by atoms with Gasteiger partial charge in [-0.05, 0) is 107 Å². The molecule has 4 heterocycles. The molecule has 0 aromatic heterocycles. The lowest BCUT2D eigenvalue weighted by Gasteiger charge is -2.59. The lowest BCUT2D eigenvalue weighted by Crippen LogP contribution is -2.84. The fourth-order valence-corrected chi connectivity index (χ4v) is 83.3. The van der Waals surface area contributed by atoms with Crippen molar-refractivity contribution in [2.75, 3.05) is 0 Å². The Bertz CT molecular complexity index is 1640. The molecule has 4 radical (unpaired) electrons. The predicted octanol–water partition coefficient (Wildman–Crippen LogP) is 15.8. The summed E-state index contributed by atoms with van der Waals surface area (Å²) in [5, 5.41) is 0. The summed E-state index contributed by atoms with van der Waals surface area (Å²) in [5.74, 6) is 0. The minimum absolute atomic E-state index is 0.00804. The van der Waals surface area contributed by atoms with E-state index in [1.54, 1.807) is 45.8 Å². The SMILES string of the molecule is C[Si](Cl)(Cl)CC[Si]O[Si]1(CC[Si](C)(Cl)Cl)O[Si]2(CC[Si](C)(Cl)Cl)O[Si]3(CC[Si](C)(Cl)Cl)O[Si]O[Si]4(CC[Si](C)(Cl)Cl)O[Si](CC[Si](C)(Cl)Cl)(O1)O[Si](CC[Si](C)(Cl)Cl)(O2)O[Si](CC[Si](C)(Cl)Cl)(O3)O4. The van der Waals surface area contributed by atoms with Crippen molar-refractivity contribution in [1.29, 1.82) is 0 Å². The first-order valence-corrected chi connectivity index (χ1v) is 74.9. The number of hydrogen-bond donors (Lipinski definition) is 0. The molecule has 404 valence electrons. The van der Waals surface area contributed by atoms with Crippen molar-refractivity contribution < 1.29 is 49.4 Å². The van der Waals surface area contributed by atoms with Crippen LogP contribution in [0.25, 0.3) is 0 Å². The average Bonchev–Trinajstić information content (AvgIpc) is 3.09. The van der Waals surface area contributed by atoms with Gasteiger partial charge < -0.3 is 49.4 Å². The molecule has 4 aliphatic heterocycles. The maximum atomic E-state index is 7.74. The van der Waals surface area contributed by atoms with E-state index in [1.807, 2.05) is 6.55 Å². The Morgan fingerprint density at radius 3 is 0.797 bits per heavy atom. The molecule has 0 N–H and O–H groups in total. The Kier molecular flexibility index (Phi) is 26.1. The van der Waals surface area contributed by atoms with Crippen LogP contribution in [0, 0.1) is 0 Å². The molecule has 0 amide bonds. The van der Waals surface area contributed by atoms with Crippen molar-refractivity contribution in [1.82, 2.24) is 0 Å². The van der Waals surface area contributed by atoms with E-state index in [0.717, 1.165) is 0 Å². The fourth-order valence-electron chi connectivity index (χ4n) is 6.83. The summed E-state index contributed by atoms with van der Waals surface area (Å²) < 4.78 is 90.1. The molecule has 0 aromatic carbocycles. The zero-order valence-corrected chi connectivity index (χ0v) is 67.9. The molecule has 6 bridgehead atoms. The van der Waals surface area contributed by atoms with Gasteiger partial charge in [0.05, 0.1) is 0 Å². The number of fused-ring (bicyclic) bond motifs is 4. The maximum absolute atomic E-state index is 7.74. The number of hydrogen-bond acceptors (Lipinski definition) is 12. The Balaban J connectivity index is 2.27. The van der Waals surface area contributed by atoms with Gasteiger partial charge in [-0.25, -0.2) is 0 Å². The summed E-state index contributed by atoms with van der Waals surface area (Å²) in [6, 6.07) is 2.40. The van der Waals surface area contributed by atoms with Gasteiger partial charge in [0.25, 0.3) is 0 Å². The number of halogens is 16. The molecule has 4 atom stereocenters. The van der Waals surface area contributed by atoms with Crippen molar-refractivity contribution in [2.24, 2.45) is 0 Å². The predicted molar refractivity (Wildman–Crippen MR) is 328 cm³/mol. The van der Waals surface area contributed by atoms with E-state index in [-0.39, 0.29) is 94.4 Å². The molecule has 4 rings (SSSR count). The molecule has 12 nitrogen and oxygen atoms in total. The molecular formula is C24H56Cl16O12Si17. The Hall–Kier alpha value is 7.85. The molecule has 0 spiro atoms. The lowest BCUT2D eigenvalue weighted by atomic mass is 10.9. The molecule has 69 heavy (non-hydrogen) atoms. The second-order valence-electron chi connectivity index (χ2n) is 18.8. The third-order valence-corrected chi connectivity index (χ3v) is 66.1. The van der Waals surface area contributed by atoms with Gasteiger partial charge in [0.1, 0.15) is 0 Å². The van der Waals surface area contributed by atoms with Crippen molar-refractivity contribution in [3.63, 3.8) is 0 Å². The van der Waals surface area contributed by atoms with Gasteiger partial charge in [0.2, 0.25) is 63.3 Å². The van der Waals surface area contributed by atoms with E-state index in [4.69, 9.17) is 227 Å². The topological polar surface area (TPSA) is 111 Å². The van der Waals surface area contributed by atoms with Crippen LogP contribution in [0.1, 0.15) is 0 Å². The Labute approximate surface area is 503 Å². The third kappa shape index (κ3) is 25.3. The lowest BCUT2D eigenvalue weighted by molar-refractivity contribution is 0.00599. The molecule has 4 aliphatic rings. The van der Waals surface area contributed by atoms with Crippen LogP contribution in [-0.4, -0.2) is 135 Å². The van der Waals surface area contributed by atoms with E-state index in [9.17, 15) is 0 Å². The van der Waals surface area contributed by atoms with Crippen molar-refractivity contribution in [2.45, 2.75) is 149 Å². The molecule has 0 saturated carbocycles. The second kappa shape index (κ2) is 26.0. The van der Waals surface area contributed by atoms with Crippen LogP contribution in [0.3, 0.4) is 0 Å². The van der Waals surface area contributed by atoms with Crippen LogP contribution in [0.2, 0.25) is 149 Å². The third-order valence-electron chi connectivity index (χ3n) is 10.2. The second-order valence-corrected chi connectivity index (χ2v) is 108. The Morgan fingerprint density at radius 2 is 0.536 bits per heavy atom. The Morgan fingerprint density at radius 1 is 0.319 bits per heavy atom. The standard InChI is InChI=1S/C24H56Cl16O12Si17/c1-55(25,26)10-9-53-41-63(18-11-56(2,27)28)44-66(21-14-59(5,33)34)46-64(19-12-57(3,29)30)42-54-43-65(20-13-58(4,31)32)47-67(45-63,22-15-60(6,35)36)51-69(50-66,24-17-62(8,39)40)52-68(48-64,49-65)23-16-61(7,37)38/h9-24H2,1-8H3. The van der Waals surface area contributed by atoms with Crippen molar-refractivity contribution in [3.8, 4) is 0 Å². The molecule has 0 aromatic rings. The molecule has 4 unspecified atom stereocenters. The highest BCUT2D eigenvalue weighted by Crippen LogP contribution is 2.53. The highest BCUT2D eigenvalue weighted by atomic mass is 35.7. The van der Waals surface area contributed by atoms with Crippen LogP contribution in [0.5, 0.6) is 0 Å². The normalized spacial score (nSPS) is 33.4.